The molecule has 1 aromatic carbocycles. The lowest BCUT2D eigenvalue weighted by Crippen LogP contribution is -2.28. The molecule has 0 radical (unpaired) electrons. The van der Waals surface area contributed by atoms with E-state index >= 15 is 0 Å². The minimum Gasteiger partial charge on any atom is -0.477 e. The van der Waals surface area contributed by atoms with Gasteiger partial charge in [-0.2, -0.15) is 0 Å². The molecule has 7 nitrogen and oxygen atoms in total. The zero-order valence-corrected chi connectivity index (χ0v) is 11.9. The van der Waals surface area contributed by atoms with Crippen molar-refractivity contribution in [3.63, 3.8) is 0 Å². The van der Waals surface area contributed by atoms with Crippen molar-refractivity contribution in [1.82, 2.24) is 10.3 Å². The molecule has 2 heterocycles. The molecule has 0 aliphatic carbocycles. The summed E-state index contributed by atoms with van der Waals surface area (Å²) < 4.78 is 4.87. The fourth-order valence-electron chi connectivity index (χ4n) is 2.83. The third kappa shape index (κ3) is 2.62. The molecule has 1 aliphatic rings. The van der Waals surface area contributed by atoms with Crippen LogP contribution < -0.4 is 11.1 Å². The number of cyclic esters (lactones) is 1. The highest BCUT2D eigenvalue weighted by molar-refractivity contribution is 5.97. The molecular weight excluding hydrogens is 286 g/mol. The van der Waals surface area contributed by atoms with Gasteiger partial charge in [-0.3, -0.25) is 0 Å². The first-order valence-corrected chi connectivity index (χ1v) is 7.08. The number of hydrogen-bond donors (Lipinski definition) is 4. The predicted octanol–water partition coefficient (Wildman–Crippen LogP) is 1.02. The predicted molar refractivity (Wildman–Crippen MR) is 80.0 cm³/mol. The molecule has 0 bridgehead atoms. The third-order valence-corrected chi connectivity index (χ3v) is 3.80. The Bertz CT molecular complexity index is 738. The summed E-state index contributed by atoms with van der Waals surface area (Å²) in [7, 11) is 0. The molecule has 3 rings (SSSR count). The number of alkyl carbamates (subject to hydrolysis) is 1. The van der Waals surface area contributed by atoms with Crippen LogP contribution in [0.2, 0.25) is 0 Å². The molecule has 1 amide bonds. The number of aromatic nitrogens is 1. The number of aromatic amines is 1. The summed E-state index contributed by atoms with van der Waals surface area (Å²) >= 11 is 0. The third-order valence-electron chi connectivity index (χ3n) is 3.80. The molecule has 0 spiro atoms. The van der Waals surface area contributed by atoms with Gasteiger partial charge in [0.15, 0.2) is 0 Å². The quantitative estimate of drug-likeness (QED) is 0.658. The van der Waals surface area contributed by atoms with E-state index in [4.69, 9.17) is 10.5 Å². The number of benzene rings is 1. The van der Waals surface area contributed by atoms with Gasteiger partial charge in [-0.25, -0.2) is 9.59 Å². The van der Waals surface area contributed by atoms with Crippen molar-refractivity contribution in [3.8, 4) is 0 Å². The van der Waals surface area contributed by atoms with Crippen LogP contribution in [-0.4, -0.2) is 41.3 Å². The smallest absolute Gasteiger partial charge is 0.407 e. The fourth-order valence-corrected chi connectivity index (χ4v) is 2.83. The van der Waals surface area contributed by atoms with Crippen LogP contribution in [0.25, 0.3) is 10.9 Å². The molecule has 1 saturated heterocycles. The van der Waals surface area contributed by atoms with E-state index in [1.54, 1.807) is 0 Å². The van der Waals surface area contributed by atoms with Crippen molar-refractivity contribution < 1.29 is 19.4 Å². The van der Waals surface area contributed by atoms with Gasteiger partial charge in [-0.1, -0.05) is 6.07 Å². The van der Waals surface area contributed by atoms with Crippen LogP contribution in [0.4, 0.5) is 4.79 Å². The molecule has 1 atom stereocenters. The molecule has 1 unspecified atom stereocenters. The summed E-state index contributed by atoms with van der Waals surface area (Å²) in [5, 5.41) is 12.9. The van der Waals surface area contributed by atoms with Gasteiger partial charge in [-0.05, 0) is 42.6 Å². The van der Waals surface area contributed by atoms with Gasteiger partial charge in [0.1, 0.15) is 12.3 Å². The number of rotatable bonds is 5. The molecule has 1 fully saturated rings. The number of carboxylic acids is 1. The maximum absolute atomic E-state index is 11.3. The van der Waals surface area contributed by atoms with Gasteiger partial charge in [-0.15, -0.1) is 0 Å². The van der Waals surface area contributed by atoms with E-state index in [0.717, 1.165) is 22.0 Å². The maximum Gasteiger partial charge on any atom is 0.407 e. The molecule has 1 aliphatic heterocycles. The van der Waals surface area contributed by atoms with E-state index in [1.165, 1.54) is 0 Å². The van der Waals surface area contributed by atoms with Crippen molar-refractivity contribution in [2.75, 3.05) is 13.2 Å². The van der Waals surface area contributed by atoms with Gasteiger partial charge >= 0.3 is 12.1 Å². The van der Waals surface area contributed by atoms with Crippen LogP contribution >= 0.6 is 0 Å². The van der Waals surface area contributed by atoms with Gasteiger partial charge in [0.05, 0.1) is 6.04 Å². The number of aromatic carboxylic acids is 1. The second kappa shape index (κ2) is 5.69. The van der Waals surface area contributed by atoms with Crippen molar-refractivity contribution in [2.45, 2.75) is 18.9 Å². The minimum atomic E-state index is -0.988. The standard InChI is InChI=1S/C15H17N3O4/c16-4-3-10-11-6-8(5-9-7-22-15(21)17-9)1-2-12(11)18-13(10)14(19)20/h1-2,6,9,18H,3-5,7,16H2,(H,17,21)(H,19,20). The number of fused-ring (bicyclic) bond motifs is 1. The normalized spacial score (nSPS) is 17.5. The van der Waals surface area contributed by atoms with E-state index in [2.05, 4.69) is 10.3 Å². The molecule has 22 heavy (non-hydrogen) atoms. The highest BCUT2D eigenvalue weighted by Gasteiger charge is 2.23. The molecule has 5 N–H and O–H groups in total. The Morgan fingerprint density at radius 3 is 2.91 bits per heavy atom. The van der Waals surface area contributed by atoms with Crippen molar-refractivity contribution in [1.29, 1.82) is 0 Å². The number of nitrogens with one attached hydrogen (secondary N) is 2. The van der Waals surface area contributed by atoms with Crippen LogP contribution in [-0.2, 0) is 17.6 Å². The topological polar surface area (TPSA) is 117 Å². The molecular formula is C15H17N3O4. The lowest BCUT2D eigenvalue weighted by Gasteiger charge is -2.08. The number of carbonyl (C=O) groups excluding carboxylic acids is 1. The largest absolute Gasteiger partial charge is 0.477 e. The Balaban J connectivity index is 1.95. The van der Waals surface area contributed by atoms with Crippen LogP contribution in [0.5, 0.6) is 0 Å². The molecule has 7 heteroatoms. The van der Waals surface area contributed by atoms with Gasteiger partial charge < -0.3 is 25.9 Å². The Kier molecular flexibility index (Phi) is 3.72. The Morgan fingerprint density at radius 1 is 1.45 bits per heavy atom. The summed E-state index contributed by atoms with van der Waals surface area (Å²) in [6.45, 7) is 0.726. The molecule has 0 saturated carbocycles. The van der Waals surface area contributed by atoms with Crippen LogP contribution in [0.3, 0.4) is 0 Å². The monoisotopic (exact) mass is 303 g/mol. The Labute approximate surface area is 126 Å². The highest BCUT2D eigenvalue weighted by Crippen LogP contribution is 2.25. The maximum atomic E-state index is 11.3. The first-order valence-electron chi connectivity index (χ1n) is 7.08. The van der Waals surface area contributed by atoms with Crippen LogP contribution in [0.15, 0.2) is 18.2 Å². The summed E-state index contributed by atoms with van der Waals surface area (Å²) in [4.78, 5) is 25.3. The lowest BCUT2D eigenvalue weighted by atomic mass is 10.0. The summed E-state index contributed by atoms with van der Waals surface area (Å²) in [6, 6.07) is 5.67. The van der Waals surface area contributed by atoms with Crippen LogP contribution in [0.1, 0.15) is 21.6 Å². The number of amides is 1. The number of ether oxygens (including phenoxy) is 1. The summed E-state index contributed by atoms with van der Waals surface area (Å²) in [6.07, 6.45) is 0.732. The Hall–Kier alpha value is -2.54. The van der Waals surface area contributed by atoms with E-state index < -0.39 is 12.1 Å². The fraction of sp³-hybridized carbons (Fsp3) is 0.333. The van der Waals surface area contributed by atoms with E-state index in [-0.39, 0.29) is 11.7 Å². The average molecular weight is 303 g/mol. The van der Waals surface area contributed by atoms with E-state index in [1.807, 2.05) is 18.2 Å². The zero-order valence-electron chi connectivity index (χ0n) is 11.9. The van der Waals surface area contributed by atoms with E-state index in [0.29, 0.717) is 26.0 Å². The zero-order chi connectivity index (χ0) is 15.7. The minimum absolute atomic E-state index is 0.0548. The first kappa shape index (κ1) is 14.4. The second-order valence-corrected chi connectivity index (χ2v) is 5.35. The number of carboxylic acid groups (broad SMARTS) is 1. The lowest BCUT2D eigenvalue weighted by molar-refractivity contribution is 0.0690. The first-order chi connectivity index (χ1) is 10.6. The number of nitrogens with two attached hydrogens (primary N) is 1. The molecule has 2 aromatic rings. The van der Waals surface area contributed by atoms with Crippen molar-refractivity contribution in [3.05, 3.63) is 35.0 Å². The average Bonchev–Trinajstić information content (AvgIpc) is 3.04. The summed E-state index contributed by atoms with van der Waals surface area (Å²) in [5.74, 6) is -0.988. The van der Waals surface area contributed by atoms with Gasteiger partial charge in [0, 0.05) is 10.9 Å². The van der Waals surface area contributed by atoms with Gasteiger partial charge in [0.25, 0.3) is 0 Å². The molecule has 116 valence electrons. The van der Waals surface area contributed by atoms with Gasteiger partial charge in [0.2, 0.25) is 0 Å². The van der Waals surface area contributed by atoms with Crippen LogP contribution in [0, 0.1) is 0 Å². The number of carbonyl (C=O) groups is 2. The van der Waals surface area contributed by atoms with Crippen molar-refractivity contribution >= 4 is 23.0 Å². The SMILES string of the molecule is NCCc1c(C(=O)O)[nH]c2ccc(CC3COC(=O)N3)cc12. The second-order valence-electron chi connectivity index (χ2n) is 5.35. The Morgan fingerprint density at radius 2 is 2.27 bits per heavy atom. The molecule has 1 aromatic heterocycles. The summed E-state index contributed by atoms with van der Waals surface area (Å²) in [5.41, 5.74) is 8.29. The number of hydrogen-bond acceptors (Lipinski definition) is 4. The number of H-pyrrole nitrogens is 1. The highest BCUT2D eigenvalue weighted by atomic mass is 16.6. The van der Waals surface area contributed by atoms with E-state index in [9.17, 15) is 14.7 Å². The van der Waals surface area contributed by atoms with Crippen molar-refractivity contribution in [2.24, 2.45) is 5.73 Å².